The molecule has 1 aliphatic heterocycles. The lowest BCUT2D eigenvalue weighted by molar-refractivity contribution is -0.156. The summed E-state index contributed by atoms with van der Waals surface area (Å²) in [5.41, 5.74) is -0.687. The molecular formula is C20H37N3O6. The van der Waals surface area contributed by atoms with Gasteiger partial charge >= 0.3 is 12.1 Å². The Hall–Kier alpha value is -1.87. The third-order valence-electron chi connectivity index (χ3n) is 4.77. The van der Waals surface area contributed by atoms with Crippen molar-refractivity contribution in [2.45, 2.75) is 58.7 Å². The first kappa shape index (κ1) is 25.2. The Kier molecular flexibility index (Phi) is 9.35. The normalized spacial score (nSPS) is 19.2. The van der Waals surface area contributed by atoms with Gasteiger partial charge in [0.25, 0.3) is 0 Å². The van der Waals surface area contributed by atoms with Crippen molar-refractivity contribution < 1.29 is 29.0 Å². The molecule has 9 heteroatoms. The van der Waals surface area contributed by atoms with Crippen molar-refractivity contribution in [2.24, 2.45) is 5.92 Å². The fourth-order valence-corrected chi connectivity index (χ4v) is 3.26. The van der Waals surface area contributed by atoms with Crippen molar-refractivity contribution in [3.05, 3.63) is 0 Å². The van der Waals surface area contributed by atoms with E-state index in [-0.39, 0.29) is 24.9 Å². The summed E-state index contributed by atoms with van der Waals surface area (Å²) in [6.07, 6.45) is -0.174. The van der Waals surface area contributed by atoms with Gasteiger partial charge in [-0.05, 0) is 33.1 Å². The second kappa shape index (κ2) is 10.8. The standard InChI is InChI=1S/C20H37N3O6/c1-14(2)12-15(21(6)19(27)29-20(3,4)5)17(24)23-9-8-22(10-11-28-7)13-16(23)18(25)26/h14-16H,8-13H2,1-7H3,(H,25,26)/t15-,16+/m0/s1. The largest absolute Gasteiger partial charge is 0.480 e. The molecule has 0 spiro atoms. The zero-order valence-electron chi connectivity index (χ0n) is 18.8. The number of likely N-dealkylation sites (N-methyl/N-ethyl adjacent to an activating group) is 1. The van der Waals surface area contributed by atoms with Crippen LogP contribution in [0.4, 0.5) is 4.79 Å². The van der Waals surface area contributed by atoms with Gasteiger partial charge in [0.2, 0.25) is 5.91 Å². The van der Waals surface area contributed by atoms with Crippen LogP contribution in [0.1, 0.15) is 41.0 Å². The highest BCUT2D eigenvalue weighted by atomic mass is 16.6. The van der Waals surface area contributed by atoms with Crippen LogP contribution in [0.25, 0.3) is 0 Å². The number of hydrogen-bond donors (Lipinski definition) is 1. The maximum Gasteiger partial charge on any atom is 0.410 e. The third-order valence-corrected chi connectivity index (χ3v) is 4.77. The van der Waals surface area contributed by atoms with Gasteiger partial charge in [0.15, 0.2) is 0 Å². The lowest BCUT2D eigenvalue weighted by Gasteiger charge is -2.42. The third kappa shape index (κ3) is 7.81. The summed E-state index contributed by atoms with van der Waals surface area (Å²) in [5, 5.41) is 9.71. The van der Waals surface area contributed by atoms with Crippen molar-refractivity contribution in [3.63, 3.8) is 0 Å². The predicted octanol–water partition coefficient (Wildman–Crippen LogP) is 1.51. The maximum atomic E-state index is 13.4. The molecule has 2 atom stereocenters. The van der Waals surface area contributed by atoms with Crippen LogP contribution in [0.15, 0.2) is 0 Å². The van der Waals surface area contributed by atoms with Gasteiger partial charge in [-0.1, -0.05) is 13.8 Å². The lowest BCUT2D eigenvalue weighted by Crippen LogP contribution is -2.62. The number of ether oxygens (including phenoxy) is 2. The SMILES string of the molecule is COCCN1CCN(C(=O)[C@H](CC(C)C)N(C)C(=O)OC(C)(C)C)[C@@H](C(=O)O)C1. The summed E-state index contributed by atoms with van der Waals surface area (Å²) in [5.74, 6) is -1.27. The smallest absolute Gasteiger partial charge is 0.410 e. The van der Waals surface area contributed by atoms with Crippen molar-refractivity contribution in [1.82, 2.24) is 14.7 Å². The zero-order valence-corrected chi connectivity index (χ0v) is 18.8. The summed E-state index contributed by atoms with van der Waals surface area (Å²) in [7, 11) is 3.13. The molecule has 2 amide bonds. The molecule has 0 aromatic heterocycles. The number of hydrogen-bond acceptors (Lipinski definition) is 6. The topological polar surface area (TPSA) is 99.6 Å². The van der Waals surface area contributed by atoms with Gasteiger partial charge in [-0.3, -0.25) is 14.6 Å². The Bertz CT molecular complexity index is 575. The summed E-state index contributed by atoms with van der Waals surface area (Å²) in [4.78, 5) is 42.4. The van der Waals surface area contributed by atoms with E-state index in [1.807, 2.05) is 18.7 Å². The highest BCUT2D eigenvalue weighted by Crippen LogP contribution is 2.20. The summed E-state index contributed by atoms with van der Waals surface area (Å²) < 4.78 is 10.5. The van der Waals surface area contributed by atoms with Crippen LogP contribution in [0.3, 0.4) is 0 Å². The first-order valence-corrected chi connectivity index (χ1v) is 10.1. The van der Waals surface area contributed by atoms with E-state index in [9.17, 15) is 19.5 Å². The molecule has 1 N–H and O–H groups in total. The molecule has 1 saturated heterocycles. The van der Waals surface area contributed by atoms with Crippen LogP contribution in [-0.4, -0.2) is 102 Å². The second-order valence-corrected chi connectivity index (χ2v) is 8.92. The van der Waals surface area contributed by atoms with Crippen LogP contribution in [0, 0.1) is 5.92 Å². The van der Waals surface area contributed by atoms with Gasteiger partial charge in [-0.15, -0.1) is 0 Å². The minimum absolute atomic E-state index is 0.139. The highest BCUT2D eigenvalue weighted by Gasteiger charge is 2.40. The van der Waals surface area contributed by atoms with E-state index in [1.54, 1.807) is 27.9 Å². The number of amides is 2. The molecule has 0 saturated carbocycles. The number of nitrogens with zero attached hydrogens (tertiary/aromatic N) is 3. The van der Waals surface area contributed by atoms with E-state index >= 15 is 0 Å². The van der Waals surface area contributed by atoms with Crippen molar-refractivity contribution >= 4 is 18.0 Å². The molecule has 0 aromatic carbocycles. The van der Waals surface area contributed by atoms with Crippen molar-refractivity contribution in [3.8, 4) is 0 Å². The molecule has 1 heterocycles. The predicted molar refractivity (Wildman–Crippen MR) is 109 cm³/mol. The molecule has 1 fully saturated rings. The van der Waals surface area contributed by atoms with Crippen molar-refractivity contribution in [1.29, 1.82) is 0 Å². The molecule has 1 rings (SSSR count). The average Bonchev–Trinajstić information content (AvgIpc) is 2.61. The quantitative estimate of drug-likeness (QED) is 0.641. The van der Waals surface area contributed by atoms with Gasteiger partial charge in [-0.2, -0.15) is 0 Å². The van der Waals surface area contributed by atoms with Crippen molar-refractivity contribution in [2.75, 3.05) is 46.9 Å². The molecule has 0 bridgehead atoms. The number of carbonyl (C=O) groups excluding carboxylic acids is 2. The van der Waals surface area contributed by atoms with Crippen LogP contribution in [-0.2, 0) is 19.1 Å². The van der Waals surface area contributed by atoms with Crippen LogP contribution in [0.5, 0.6) is 0 Å². The van der Waals surface area contributed by atoms with E-state index in [0.29, 0.717) is 26.1 Å². The van der Waals surface area contributed by atoms with E-state index in [2.05, 4.69) is 0 Å². The number of rotatable bonds is 8. The van der Waals surface area contributed by atoms with E-state index in [4.69, 9.17) is 9.47 Å². The Morgan fingerprint density at radius 3 is 2.31 bits per heavy atom. The monoisotopic (exact) mass is 415 g/mol. The Morgan fingerprint density at radius 1 is 1.21 bits per heavy atom. The fraction of sp³-hybridized carbons (Fsp3) is 0.850. The van der Waals surface area contributed by atoms with Gasteiger partial charge < -0.3 is 19.5 Å². The van der Waals surface area contributed by atoms with Gasteiger partial charge in [0.05, 0.1) is 6.61 Å². The fourth-order valence-electron chi connectivity index (χ4n) is 3.26. The number of carboxylic acid groups (broad SMARTS) is 1. The Balaban J connectivity index is 3.02. The van der Waals surface area contributed by atoms with Crippen LogP contribution < -0.4 is 0 Å². The zero-order chi connectivity index (χ0) is 22.4. The van der Waals surface area contributed by atoms with Gasteiger partial charge in [0, 0.05) is 40.3 Å². The van der Waals surface area contributed by atoms with Crippen LogP contribution >= 0.6 is 0 Å². The molecule has 0 unspecified atom stereocenters. The van der Waals surface area contributed by atoms with Gasteiger partial charge in [0.1, 0.15) is 17.7 Å². The molecule has 0 aromatic rings. The average molecular weight is 416 g/mol. The minimum atomic E-state index is -1.05. The Morgan fingerprint density at radius 2 is 1.83 bits per heavy atom. The van der Waals surface area contributed by atoms with Gasteiger partial charge in [-0.25, -0.2) is 9.59 Å². The summed E-state index contributed by atoms with van der Waals surface area (Å²) in [6, 6.07) is -1.74. The molecule has 9 nitrogen and oxygen atoms in total. The summed E-state index contributed by atoms with van der Waals surface area (Å²) >= 11 is 0. The first-order valence-electron chi connectivity index (χ1n) is 10.1. The number of carboxylic acids is 1. The molecule has 168 valence electrons. The van der Waals surface area contributed by atoms with Crippen LogP contribution in [0.2, 0.25) is 0 Å². The number of carbonyl (C=O) groups is 3. The maximum absolute atomic E-state index is 13.4. The van der Waals surface area contributed by atoms with E-state index in [1.165, 1.54) is 16.8 Å². The molecular weight excluding hydrogens is 378 g/mol. The highest BCUT2D eigenvalue weighted by molar-refractivity contribution is 5.89. The molecule has 29 heavy (non-hydrogen) atoms. The van der Waals surface area contributed by atoms with E-state index in [0.717, 1.165) is 0 Å². The first-order chi connectivity index (χ1) is 13.4. The summed E-state index contributed by atoms with van der Waals surface area (Å²) in [6.45, 7) is 11.4. The molecule has 0 aliphatic carbocycles. The molecule has 0 radical (unpaired) electrons. The second-order valence-electron chi connectivity index (χ2n) is 8.92. The number of aliphatic carboxylic acids is 1. The lowest BCUT2D eigenvalue weighted by atomic mass is 10.00. The number of methoxy groups -OCH3 is 1. The minimum Gasteiger partial charge on any atom is -0.480 e. The molecule has 1 aliphatic rings. The Labute approximate surface area is 173 Å². The number of piperazine rings is 1. The van der Waals surface area contributed by atoms with E-state index < -0.39 is 29.7 Å².